The van der Waals surface area contributed by atoms with Gasteiger partial charge in [0.15, 0.2) is 0 Å². The summed E-state index contributed by atoms with van der Waals surface area (Å²) in [5.41, 5.74) is 3.45. The molecular formula is C24H28N4O3. The van der Waals surface area contributed by atoms with Crippen molar-refractivity contribution < 1.29 is 14.4 Å². The van der Waals surface area contributed by atoms with Gasteiger partial charge >= 0.3 is 0 Å². The van der Waals surface area contributed by atoms with E-state index >= 15 is 0 Å². The molecule has 1 aromatic heterocycles. The average molecular weight is 421 g/mol. The zero-order valence-electron chi connectivity index (χ0n) is 18.1. The molecule has 3 heterocycles. The predicted molar refractivity (Wildman–Crippen MR) is 115 cm³/mol. The van der Waals surface area contributed by atoms with Crippen LogP contribution in [0.5, 0.6) is 0 Å². The molecule has 0 radical (unpaired) electrons. The highest BCUT2D eigenvalue weighted by Crippen LogP contribution is 2.36. The number of rotatable bonds is 3. The number of carbonyl (C=O) groups is 3. The van der Waals surface area contributed by atoms with Gasteiger partial charge in [0.1, 0.15) is 11.9 Å². The Bertz CT molecular complexity index is 1060. The molecule has 2 aromatic rings. The van der Waals surface area contributed by atoms with Crippen molar-refractivity contribution in [1.29, 1.82) is 0 Å². The molecule has 2 fully saturated rings. The molecule has 1 atom stereocenters. The number of fused-ring (bicyclic) bond motifs is 1. The maximum absolute atomic E-state index is 12.9. The van der Waals surface area contributed by atoms with Crippen LogP contribution in [0.2, 0.25) is 0 Å². The van der Waals surface area contributed by atoms with Gasteiger partial charge in [0, 0.05) is 43.3 Å². The molecule has 1 aliphatic carbocycles. The summed E-state index contributed by atoms with van der Waals surface area (Å²) in [6.45, 7) is 2.71. The molecule has 0 bridgehead atoms. The van der Waals surface area contributed by atoms with Crippen molar-refractivity contribution in [3.8, 4) is 11.3 Å². The van der Waals surface area contributed by atoms with Crippen LogP contribution in [0.1, 0.15) is 73.1 Å². The molecule has 1 aromatic carbocycles. The van der Waals surface area contributed by atoms with E-state index in [4.69, 9.17) is 4.98 Å². The molecular weight excluding hydrogens is 392 g/mol. The summed E-state index contributed by atoms with van der Waals surface area (Å²) in [4.78, 5) is 43.2. The minimum atomic E-state index is -0.587. The summed E-state index contributed by atoms with van der Waals surface area (Å²) in [7, 11) is 2.06. The first-order valence-electron chi connectivity index (χ1n) is 11.2. The number of benzene rings is 1. The molecule has 3 amide bonds. The standard InChI is InChI=1S/C24H28N4O3/c1-14-3-5-15(6-4-14)22-25-19(13-27(22)2)16-7-8-18-17(11-16)12-28(24(18)31)20-9-10-21(29)26-23(20)30/h7-8,11,13-15,20H,3-6,9-10,12H2,1-2H3,(H,26,29,30)/t14-,15-,20?. The Balaban J connectivity index is 1.38. The molecule has 162 valence electrons. The first-order valence-corrected chi connectivity index (χ1v) is 11.2. The third kappa shape index (κ3) is 3.56. The van der Waals surface area contributed by atoms with E-state index in [-0.39, 0.29) is 24.1 Å². The Morgan fingerprint density at radius 2 is 1.84 bits per heavy atom. The Hall–Kier alpha value is -2.96. The fourth-order valence-corrected chi connectivity index (χ4v) is 5.25. The SMILES string of the molecule is Cn1cc(-c2ccc3c(c2)CN(C2CCC(=O)NC2=O)C3=O)nc1[C@H]1CC[C@H](C)CC1. The number of hydrogen-bond donors (Lipinski definition) is 1. The van der Waals surface area contributed by atoms with Gasteiger partial charge in [-0.25, -0.2) is 4.98 Å². The lowest BCUT2D eigenvalue weighted by atomic mass is 9.82. The molecule has 5 rings (SSSR count). The van der Waals surface area contributed by atoms with E-state index in [0.29, 0.717) is 24.4 Å². The zero-order chi connectivity index (χ0) is 21.7. The van der Waals surface area contributed by atoms with E-state index in [1.165, 1.54) is 25.7 Å². The van der Waals surface area contributed by atoms with Gasteiger partial charge in [-0.15, -0.1) is 0 Å². The molecule has 1 unspecified atom stereocenters. The summed E-state index contributed by atoms with van der Waals surface area (Å²) < 4.78 is 2.14. The molecule has 1 saturated carbocycles. The number of imide groups is 1. The number of aryl methyl sites for hydroxylation is 1. The summed E-state index contributed by atoms with van der Waals surface area (Å²) in [6, 6.07) is 5.22. The highest BCUT2D eigenvalue weighted by atomic mass is 16.2. The normalized spacial score (nSPS) is 26.2. The van der Waals surface area contributed by atoms with Crippen molar-refractivity contribution in [2.24, 2.45) is 13.0 Å². The summed E-state index contributed by atoms with van der Waals surface area (Å²) in [5.74, 6) is 1.66. The Kier molecular flexibility index (Phi) is 4.91. The Morgan fingerprint density at radius 3 is 2.58 bits per heavy atom. The third-order valence-corrected chi connectivity index (χ3v) is 7.11. The zero-order valence-corrected chi connectivity index (χ0v) is 18.1. The first kappa shape index (κ1) is 20.0. The third-order valence-electron chi connectivity index (χ3n) is 7.11. The van der Waals surface area contributed by atoms with Crippen LogP contribution < -0.4 is 5.32 Å². The van der Waals surface area contributed by atoms with Crippen LogP contribution in [-0.4, -0.2) is 38.2 Å². The van der Waals surface area contributed by atoms with Gasteiger partial charge < -0.3 is 9.47 Å². The average Bonchev–Trinajstić information content (AvgIpc) is 3.29. The second kappa shape index (κ2) is 7.62. The van der Waals surface area contributed by atoms with E-state index in [1.807, 2.05) is 18.2 Å². The molecule has 2 aliphatic heterocycles. The van der Waals surface area contributed by atoms with Gasteiger partial charge in [-0.1, -0.05) is 25.8 Å². The Labute approximate surface area is 181 Å². The van der Waals surface area contributed by atoms with Gasteiger partial charge in [0.25, 0.3) is 5.91 Å². The minimum Gasteiger partial charge on any atom is -0.337 e. The van der Waals surface area contributed by atoms with Crippen LogP contribution in [0.25, 0.3) is 11.3 Å². The van der Waals surface area contributed by atoms with Gasteiger partial charge in [-0.2, -0.15) is 0 Å². The number of aromatic nitrogens is 2. The summed E-state index contributed by atoms with van der Waals surface area (Å²) in [5, 5.41) is 2.35. The number of amides is 3. The number of nitrogens with zero attached hydrogens (tertiary/aromatic N) is 3. The molecule has 7 heteroatoms. The lowest BCUT2D eigenvalue weighted by Gasteiger charge is -2.29. The number of hydrogen-bond acceptors (Lipinski definition) is 4. The topological polar surface area (TPSA) is 84.3 Å². The van der Waals surface area contributed by atoms with Gasteiger partial charge in [0.2, 0.25) is 11.8 Å². The molecule has 7 nitrogen and oxygen atoms in total. The Morgan fingerprint density at radius 1 is 1.06 bits per heavy atom. The monoisotopic (exact) mass is 420 g/mol. The molecule has 1 saturated heterocycles. The molecule has 31 heavy (non-hydrogen) atoms. The largest absolute Gasteiger partial charge is 0.337 e. The van der Waals surface area contributed by atoms with E-state index in [1.54, 1.807) is 4.90 Å². The van der Waals surface area contributed by atoms with Crippen molar-refractivity contribution in [1.82, 2.24) is 19.8 Å². The second-order valence-corrected chi connectivity index (χ2v) is 9.32. The van der Waals surface area contributed by atoms with Crippen molar-refractivity contribution in [2.45, 2.75) is 64.0 Å². The molecule has 3 aliphatic rings. The first-order chi connectivity index (χ1) is 14.9. The lowest BCUT2D eigenvalue weighted by Crippen LogP contribution is -2.52. The van der Waals surface area contributed by atoms with Gasteiger partial charge in [0.05, 0.1) is 5.69 Å². The molecule has 0 spiro atoms. The van der Waals surface area contributed by atoms with Crippen LogP contribution in [0.3, 0.4) is 0 Å². The number of piperidine rings is 1. The minimum absolute atomic E-state index is 0.144. The number of nitrogens with one attached hydrogen (secondary N) is 1. The predicted octanol–water partition coefficient (Wildman–Crippen LogP) is 3.14. The van der Waals surface area contributed by atoms with Gasteiger partial charge in [-0.05, 0) is 42.9 Å². The number of carbonyl (C=O) groups excluding carboxylic acids is 3. The maximum atomic E-state index is 12.9. The van der Waals surface area contributed by atoms with Crippen molar-refractivity contribution >= 4 is 17.7 Å². The van der Waals surface area contributed by atoms with Crippen LogP contribution in [0, 0.1) is 5.92 Å². The fraction of sp³-hybridized carbons (Fsp3) is 0.500. The van der Waals surface area contributed by atoms with E-state index in [2.05, 4.69) is 30.1 Å². The highest BCUT2D eigenvalue weighted by molar-refractivity contribution is 6.05. The smallest absolute Gasteiger partial charge is 0.255 e. The second-order valence-electron chi connectivity index (χ2n) is 9.32. The summed E-state index contributed by atoms with van der Waals surface area (Å²) in [6.07, 6.45) is 7.59. The van der Waals surface area contributed by atoms with Crippen LogP contribution in [0.15, 0.2) is 24.4 Å². The quantitative estimate of drug-likeness (QED) is 0.773. The van der Waals surface area contributed by atoms with E-state index < -0.39 is 6.04 Å². The van der Waals surface area contributed by atoms with Crippen molar-refractivity contribution in [3.05, 3.63) is 41.3 Å². The van der Waals surface area contributed by atoms with E-state index in [9.17, 15) is 14.4 Å². The van der Waals surface area contributed by atoms with Crippen molar-refractivity contribution in [3.63, 3.8) is 0 Å². The lowest BCUT2D eigenvalue weighted by molar-refractivity contribution is -0.136. The maximum Gasteiger partial charge on any atom is 0.255 e. The van der Waals surface area contributed by atoms with Gasteiger partial charge in [-0.3, -0.25) is 19.7 Å². The molecule has 1 N–H and O–H groups in total. The number of imidazole rings is 1. The van der Waals surface area contributed by atoms with Crippen LogP contribution >= 0.6 is 0 Å². The highest BCUT2D eigenvalue weighted by Gasteiger charge is 2.39. The van der Waals surface area contributed by atoms with Crippen molar-refractivity contribution in [2.75, 3.05) is 0 Å². The fourth-order valence-electron chi connectivity index (χ4n) is 5.25. The summed E-state index contributed by atoms with van der Waals surface area (Å²) >= 11 is 0. The van der Waals surface area contributed by atoms with E-state index in [0.717, 1.165) is 28.6 Å². The van der Waals surface area contributed by atoms with Crippen LogP contribution in [-0.2, 0) is 23.2 Å². The van der Waals surface area contributed by atoms with Crippen LogP contribution in [0.4, 0.5) is 0 Å².